The lowest BCUT2D eigenvalue weighted by Crippen LogP contribution is -2.26. The van der Waals surface area contributed by atoms with Crippen LogP contribution in [-0.4, -0.2) is 32.8 Å². The van der Waals surface area contributed by atoms with Crippen LogP contribution in [0.1, 0.15) is 29.8 Å². The summed E-state index contributed by atoms with van der Waals surface area (Å²) < 4.78 is 16.4. The summed E-state index contributed by atoms with van der Waals surface area (Å²) in [7, 11) is 1.52. The molecule has 26 heavy (non-hydrogen) atoms. The molecule has 0 aliphatic carbocycles. The van der Waals surface area contributed by atoms with Crippen molar-refractivity contribution in [2.24, 2.45) is 0 Å². The Bertz CT molecular complexity index is 749. The lowest BCUT2D eigenvalue weighted by atomic mass is 10.1. The van der Waals surface area contributed by atoms with Gasteiger partial charge in [-0.2, -0.15) is 0 Å². The second kappa shape index (κ2) is 9.92. The summed E-state index contributed by atoms with van der Waals surface area (Å²) in [5.41, 5.74) is 1.47. The maximum Gasteiger partial charge on any atom is 0.255 e. The van der Waals surface area contributed by atoms with Gasteiger partial charge in [0.2, 0.25) is 0 Å². The van der Waals surface area contributed by atoms with E-state index in [0.717, 1.165) is 17.1 Å². The first-order valence-electron chi connectivity index (χ1n) is 8.59. The Kier molecular flexibility index (Phi) is 7.60. The fourth-order valence-corrected chi connectivity index (χ4v) is 2.70. The summed E-state index contributed by atoms with van der Waals surface area (Å²) in [6.07, 6.45) is 0.668. The molecule has 5 nitrogen and oxygen atoms in total. The predicted molar refractivity (Wildman–Crippen MR) is 103 cm³/mol. The van der Waals surface area contributed by atoms with Gasteiger partial charge in [0.05, 0.1) is 25.9 Å². The standard InChI is InChI=1S/C20H24ClNO4/c1-4-25-18-8-6-14(12-19(18)26-5-2)10-11-22-20(23)16-13-15(21)7-9-17(16)24-3/h6-9,12-13H,4-5,10-11H2,1-3H3,(H,22,23). The maximum atomic E-state index is 12.4. The van der Waals surface area contributed by atoms with Gasteiger partial charge in [0, 0.05) is 11.6 Å². The Balaban J connectivity index is 2.00. The second-order valence-corrected chi connectivity index (χ2v) is 5.93. The molecular formula is C20H24ClNO4. The van der Waals surface area contributed by atoms with Crippen LogP contribution in [0.4, 0.5) is 0 Å². The number of carbonyl (C=O) groups excluding carboxylic acids is 1. The minimum atomic E-state index is -0.222. The minimum absolute atomic E-state index is 0.222. The quantitative estimate of drug-likeness (QED) is 0.714. The molecule has 0 aromatic heterocycles. The molecule has 2 aromatic rings. The van der Waals surface area contributed by atoms with Crippen molar-refractivity contribution in [3.63, 3.8) is 0 Å². The molecule has 1 amide bonds. The van der Waals surface area contributed by atoms with E-state index < -0.39 is 0 Å². The van der Waals surface area contributed by atoms with E-state index in [9.17, 15) is 4.79 Å². The minimum Gasteiger partial charge on any atom is -0.496 e. The van der Waals surface area contributed by atoms with Gasteiger partial charge in [-0.25, -0.2) is 0 Å². The van der Waals surface area contributed by atoms with E-state index in [-0.39, 0.29) is 5.91 Å². The highest BCUT2D eigenvalue weighted by Gasteiger charge is 2.13. The molecule has 6 heteroatoms. The number of nitrogens with one attached hydrogen (secondary N) is 1. The first-order valence-corrected chi connectivity index (χ1v) is 8.97. The summed E-state index contributed by atoms with van der Waals surface area (Å²) in [6.45, 7) is 5.49. The zero-order valence-electron chi connectivity index (χ0n) is 15.3. The summed E-state index contributed by atoms with van der Waals surface area (Å²) >= 11 is 5.97. The molecule has 0 fully saturated rings. The van der Waals surface area contributed by atoms with Crippen molar-refractivity contribution in [2.75, 3.05) is 26.9 Å². The van der Waals surface area contributed by atoms with E-state index in [1.54, 1.807) is 18.2 Å². The Morgan fingerprint density at radius 1 is 1.00 bits per heavy atom. The number of amides is 1. The zero-order chi connectivity index (χ0) is 18.9. The average molecular weight is 378 g/mol. The highest BCUT2D eigenvalue weighted by Crippen LogP contribution is 2.28. The molecule has 140 valence electrons. The van der Waals surface area contributed by atoms with Crippen molar-refractivity contribution in [1.29, 1.82) is 0 Å². The molecule has 0 atom stereocenters. The van der Waals surface area contributed by atoms with Gasteiger partial charge < -0.3 is 19.5 Å². The van der Waals surface area contributed by atoms with E-state index in [0.29, 0.717) is 42.5 Å². The fraction of sp³-hybridized carbons (Fsp3) is 0.350. The lowest BCUT2D eigenvalue weighted by Gasteiger charge is -2.13. The molecule has 0 radical (unpaired) electrons. The second-order valence-electron chi connectivity index (χ2n) is 5.50. The normalized spacial score (nSPS) is 10.3. The molecule has 0 saturated heterocycles. The Morgan fingerprint density at radius 2 is 1.69 bits per heavy atom. The van der Waals surface area contributed by atoms with Crippen LogP contribution in [0.2, 0.25) is 5.02 Å². The van der Waals surface area contributed by atoms with Crippen molar-refractivity contribution in [1.82, 2.24) is 5.32 Å². The van der Waals surface area contributed by atoms with Crippen LogP contribution in [0.25, 0.3) is 0 Å². The van der Waals surface area contributed by atoms with Gasteiger partial charge in [0.15, 0.2) is 11.5 Å². The largest absolute Gasteiger partial charge is 0.496 e. The molecule has 0 saturated carbocycles. The number of ether oxygens (including phenoxy) is 3. The van der Waals surface area contributed by atoms with E-state index in [1.165, 1.54) is 7.11 Å². The number of hydrogen-bond donors (Lipinski definition) is 1. The highest BCUT2D eigenvalue weighted by molar-refractivity contribution is 6.31. The van der Waals surface area contributed by atoms with Crippen molar-refractivity contribution in [2.45, 2.75) is 20.3 Å². The molecule has 1 N–H and O–H groups in total. The lowest BCUT2D eigenvalue weighted by molar-refractivity contribution is 0.0951. The number of methoxy groups -OCH3 is 1. The number of hydrogen-bond acceptors (Lipinski definition) is 4. The zero-order valence-corrected chi connectivity index (χ0v) is 16.1. The summed E-state index contributed by atoms with van der Waals surface area (Å²) in [5, 5.41) is 3.38. The third-order valence-electron chi connectivity index (χ3n) is 3.71. The molecule has 0 spiro atoms. The maximum absolute atomic E-state index is 12.4. The van der Waals surface area contributed by atoms with Crippen LogP contribution in [0.5, 0.6) is 17.2 Å². The Hall–Kier alpha value is -2.40. The number of halogens is 1. The first kappa shape index (κ1) is 19.9. The van der Waals surface area contributed by atoms with Gasteiger partial charge in [-0.3, -0.25) is 4.79 Å². The van der Waals surface area contributed by atoms with Crippen LogP contribution >= 0.6 is 11.6 Å². The molecule has 2 aromatic carbocycles. The molecular weight excluding hydrogens is 354 g/mol. The summed E-state index contributed by atoms with van der Waals surface area (Å²) in [4.78, 5) is 12.4. The molecule has 2 rings (SSSR count). The molecule has 0 aliphatic rings. The highest BCUT2D eigenvalue weighted by atomic mass is 35.5. The van der Waals surface area contributed by atoms with Crippen LogP contribution < -0.4 is 19.5 Å². The van der Waals surface area contributed by atoms with E-state index in [1.807, 2.05) is 32.0 Å². The van der Waals surface area contributed by atoms with Gasteiger partial charge in [-0.05, 0) is 56.2 Å². The SMILES string of the molecule is CCOc1ccc(CCNC(=O)c2cc(Cl)ccc2OC)cc1OCC. The van der Waals surface area contributed by atoms with E-state index in [4.69, 9.17) is 25.8 Å². The molecule has 0 unspecified atom stereocenters. The van der Waals surface area contributed by atoms with Gasteiger partial charge in [0.1, 0.15) is 5.75 Å². The van der Waals surface area contributed by atoms with Crippen LogP contribution in [0.3, 0.4) is 0 Å². The fourth-order valence-electron chi connectivity index (χ4n) is 2.52. The van der Waals surface area contributed by atoms with Crippen LogP contribution in [-0.2, 0) is 6.42 Å². The third kappa shape index (κ3) is 5.30. The van der Waals surface area contributed by atoms with Gasteiger partial charge in [-0.15, -0.1) is 0 Å². The van der Waals surface area contributed by atoms with Crippen LogP contribution in [0.15, 0.2) is 36.4 Å². The van der Waals surface area contributed by atoms with Gasteiger partial charge in [-0.1, -0.05) is 17.7 Å². The van der Waals surface area contributed by atoms with Crippen molar-refractivity contribution >= 4 is 17.5 Å². The molecule has 0 bridgehead atoms. The number of benzene rings is 2. The van der Waals surface area contributed by atoms with E-state index in [2.05, 4.69) is 5.32 Å². The topological polar surface area (TPSA) is 56.8 Å². The molecule has 0 aliphatic heterocycles. The van der Waals surface area contributed by atoms with E-state index >= 15 is 0 Å². The van der Waals surface area contributed by atoms with Crippen molar-refractivity contribution < 1.29 is 19.0 Å². The van der Waals surface area contributed by atoms with Gasteiger partial charge >= 0.3 is 0 Å². The summed E-state index contributed by atoms with van der Waals surface area (Å²) in [5.74, 6) is 1.72. The number of carbonyl (C=O) groups is 1. The van der Waals surface area contributed by atoms with Crippen molar-refractivity contribution in [3.05, 3.63) is 52.5 Å². The molecule has 0 heterocycles. The average Bonchev–Trinajstić information content (AvgIpc) is 2.64. The monoisotopic (exact) mass is 377 g/mol. The van der Waals surface area contributed by atoms with Crippen molar-refractivity contribution in [3.8, 4) is 17.2 Å². The number of rotatable bonds is 9. The summed E-state index contributed by atoms with van der Waals surface area (Å²) in [6, 6.07) is 10.8. The Labute approximate surface area is 159 Å². The Morgan fingerprint density at radius 3 is 2.38 bits per heavy atom. The van der Waals surface area contributed by atoms with Gasteiger partial charge in [0.25, 0.3) is 5.91 Å². The smallest absolute Gasteiger partial charge is 0.255 e. The van der Waals surface area contributed by atoms with Crippen LogP contribution in [0, 0.1) is 0 Å². The third-order valence-corrected chi connectivity index (χ3v) is 3.95. The first-order chi connectivity index (χ1) is 12.6. The predicted octanol–water partition coefficient (Wildman–Crippen LogP) is 4.12.